The van der Waals surface area contributed by atoms with Crippen molar-refractivity contribution in [3.63, 3.8) is 0 Å². The second-order valence-electron chi connectivity index (χ2n) is 5.93. The molecule has 114 valence electrons. The molecular weight excluding hydrogens is 274 g/mol. The summed E-state index contributed by atoms with van der Waals surface area (Å²) in [6.07, 6.45) is 1.98. The van der Waals surface area contributed by atoms with Gasteiger partial charge in [0, 0.05) is 19.1 Å². The summed E-state index contributed by atoms with van der Waals surface area (Å²) < 4.78 is 0. The highest BCUT2D eigenvalue weighted by Crippen LogP contribution is 2.23. The summed E-state index contributed by atoms with van der Waals surface area (Å²) in [5.41, 5.74) is 3.93. The fraction of sp³-hybridized carbons (Fsp3) is 0.316. The van der Waals surface area contributed by atoms with E-state index in [9.17, 15) is 9.90 Å². The van der Waals surface area contributed by atoms with Crippen LogP contribution in [0.25, 0.3) is 0 Å². The van der Waals surface area contributed by atoms with E-state index in [-0.39, 0.29) is 12.5 Å². The molecule has 1 unspecified atom stereocenters. The Morgan fingerprint density at radius 2 is 1.73 bits per heavy atom. The lowest BCUT2D eigenvalue weighted by Gasteiger charge is -2.35. The van der Waals surface area contributed by atoms with Crippen LogP contribution in [0.5, 0.6) is 0 Å². The van der Waals surface area contributed by atoms with Crippen LogP contribution in [0.1, 0.15) is 23.1 Å². The first-order valence-corrected chi connectivity index (χ1v) is 7.79. The zero-order valence-electron chi connectivity index (χ0n) is 12.6. The van der Waals surface area contributed by atoms with E-state index in [2.05, 4.69) is 41.3 Å². The van der Waals surface area contributed by atoms with E-state index in [0.29, 0.717) is 0 Å². The maximum absolute atomic E-state index is 11.3. The molecule has 3 heteroatoms. The van der Waals surface area contributed by atoms with Crippen molar-refractivity contribution < 1.29 is 9.90 Å². The smallest absolute Gasteiger partial charge is 0.304 e. The lowest BCUT2D eigenvalue weighted by Crippen LogP contribution is -2.41. The van der Waals surface area contributed by atoms with Gasteiger partial charge in [0.05, 0.1) is 6.42 Å². The molecule has 1 aliphatic rings. The Morgan fingerprint density at radius 1 is 1.05 bits per heavy atom. The third-order valence-electron chi connectivity index (χ3n) is 4.40. The molecule has 0 radical (unpaired) electrons. The molecule has 1 aliphatic heterocycles. The van der Waals surface area contributed by atoms with E-state index >= 15 is 0 Å². The zero-order chi connectivity index (χ0) is 15.4. The quantitative estimate of drug-likeness (QED) is 0.921. The van der Waals surface area contributed by atoms with Crippen LogP contribution in [0.3, 0.4) is 0 Å². The van der Waals surface area contributed by atoms with Gasteiger partial charge in [-0.25, -0.2) is 0 Å². The first-order valence-electron chi connectivity index (χ1n) is 7.79. The summed E-state index contributed by atoms with van der Waals surface area (Å²) in [5, 5.41) is 9.26. The third-order valence-corrected chi connectivity index (χ3v) is 4.40. The minimum Gasteiger partial charge on any atom is -0.481 e. The molecule has 0 fully saturated rings. The Balaban J connectivity index is 1.77. The Bertz CT molecular complexity index is 639. The van der Waals surface area contributed by atoms with Gasteiger partial charge in [0.15, 0.2) is 0 Å². The Hall–Kier alpha value is -2.13. The SMILES string of the molecule is O=C(O)CC(Cc1ccccc1)N1CCc2ccccc2C1. The fourth-order valence-electron chi connectivity index (χ4n) is 3.25. The molecule has 1 N–H and O–H groups in total. The van der Waals surface area contributed by atoms with E-state index in [4.69, 9.17) is 0 Å². The van der Waals surface area contributed by atoms with Gasteiger partial charge in [-0.2, -0.15) is 0 Å². The second-order valence-corrected chi connectivity index (χ2v) is 5.93. The summed E-state index contributed by atoms with van der Waals surface area (Å²) in [5.74, 6) is -0.722. The summed E-state index contributed by atoms with van der Waals surface area (Å²) in [6, 6.07) is 18.7. The number of hydrogen-bond acceptors (Lipinski definition) is 2. The summed E-state index contributed by atoms with van der Waals surface area (Å²) in [7, 11) is 0. The van der Waals surface area contributed by atoms with Crippen molar-refractivity contribution in [2.45, 2.75) is 31.8 Å². The summed E-state index contributed by atoms with van der Waals surface area (Å²) in [6.45, 7) is 1.78. The number of carbonyl (C=O) groups is 1. The number of carboxylic acid groups (broad SMARTS) is 1. The van der Waals surface area contributed by atoms with Crippen LogP contribution in [0.4, 0.5) is 0 Å². The van der Waals surface area contributed by atoms with Crippen LogP contribution >= 0.6 is 0 Å². The molecule has 0 bridgehead atoms. The Morgan fingerprint density at radius 3 is 2.45 bits per heavy atom. The molecule has 0 saturated heterocycles. The first kappa shape index (κ1) is 14.8. The number of hydrogen-bond donors (Lipinski definition) is 1. The van der Waals surface area contributed by atoms with Crippen molar-refractivity contribution in [2.24, 2.45) is 0 Å². The average molecular weight is 295 g/mol. The van der Waals surface area contributed by atoms with Gasteiger partial charge in [0.25, 0.3) is 0 Å². The van der Waals surface area contributed by atoms with Crippen LogP contribution < -0.4 is 0 Å². The standard InChI is InChI=1S/C19H21NO2/c21-19(22)13-18(12-15-6-2-1-3-7-15)20-11-10-16-8-4-5-9-17(16)14-20/h1-9,18H,10-14H2,(H,21,22). The predicted octanol–water partition coefficient (Wildman–Crippen LogP) is 3.13. The van der Waals surface area contributed by atoms with Gasteiger partial charge in [-0.15, -0.1) is 0 Å². The second kappa shape index (κ2) is 6.75. The van der Waals surface area contributed by atoms with E-state index < -0.39 is 5.97 Å². The highest BCUT2D eigenvalue weighted by Gasteiger charge is 2.25. The van der Waals surface area contributed by atoms with Crippen LogP contribution in [-0.4, -0.2) is 28.6 Å². The number of rotatable bonds is 5. The molecule has 3 nitrogen and oxygen atoms in total. The minimum absolute atomic E-state index is 0.0493. The third kappa shape index (κ3) is 3.55. The van der Waals surface area contributed by atoms with Gasteiger partial charge in [-0.3, -0.25) is 9.69 Å². The van der Waals surface area contributed by atoms with Crippen molar-refractivity contribution in [1.82, 2.24) is 4.90 Å². The molecule has 2 aromatic rings. The fourth-order valence-corrected chi connectivity index (χ4v) is 3.25. The minimum atomic E-state index is -0.722. The maximum Gasteiger partial charge on any atom is 0.304 e. The summed E-state index contributed by atoms with van der Waals surface area (Å²) in [4.78, 5) is 13.6. The molecule has 0 saturated carbocycles. The molecule has 2 aromatic carbocycles. The largest absolute Gasteiger partial charge is 0.481 e. The molecule has 1 heterocycles. The zero-order valence-corrected chi connectivity index (χ0v) is 12.6. The van der Waals surface area contributed by atoms with E-state index in [0.717, 1.165) is 25.9 Å². The predicted molar refractivity (Wildman–Crippen MR) is 86.7 cm³/mol. The summed E-state index contributed by atoms with van der Waals surface area (Å²) >= 11 is 0. The van der Waals surface area contributed by atoms with Crippen LogP contribution in [0.15, 0.2) is 54.6 Å². The van der Waals surface area contributed by atoms with Gasteiger partial charge in [0.1, 0.15) is 0 Å². The van der Waals surface area contributed by atoms with Crippen molar-refractivity contribution in [3.05, 3.63) is 71.3 Å². The van der Waals surface area contributed by atoms with Crippen molar-refractivity contribution in [2.75, 3.05) is 6.54 Å². The number of fused-ring (bicyclic) bond motifs is 1. The Kier molecular flexibility index (Phi) is 4.54. The van der Waals surface area contributed by atoms with Crippen LogP contribution in [-0.2, 0) is 24.2 Å². The normalized spacial score (nSPS) is 16.0. The van der Waals surface area contributed by atoms with E-state index in [1.807, 2.05) is 18.2 Å². The van der Waals surface area contributed by atoms with Gasteiger partial charge in [-0.1, -0.05) is 54.6 Å². The van der Waals surface area contributed by atoms with Gasteiger partial charge < -0.3 is 5.11 Å². The number of aliphatic carboxylic acids is 1. The molecule has 0 spiro atoms. The Labute approximate surface area is 131 Å². The topological polar surface area (TPSA) is 40.5 Å². The number of carboxylic acids is 1. The average Bonchev–Trinajstić information content (AvgIpc) is 2.54. The maximum atomic E-state index is 11.3. The number of nitrogens with zero attached hydrogens (tertiary/aromatic N) is 1. The molecule has 0 amide bonds. The highest BCUT2D eigenvalue weighted by molar-refractivity contribution is 5.67. The van der Waals surface area contributed by atoms with E-state index in [1.165, 1.54) is 16.7 Å². The molecule has 3 rings (SSSR count). The van der Waals surface area contributed by atoms with Crippen molar-refractivity contribution >= 4 is 5.97 Å². The van der Waals surface area contributed by atoms with Gasteiger partial charge in [0.2, 0.25) is 0 Å². The number of benzene rings is 2. The molecule has 1 atom stereocenters. The molecule has 0 aliphatic carbocycles. The first-order chi connectivity index (χ1) is 10.7. The highest BCUT2D eigenvalue weighted by atomic mass is 16.4. The van der Waals surface area contributed by atoms with Crippen LogP contribution in [0, 0.1) is 0 Å². The van der Waals surface area contributed by atoms with Gasteiger partial charge >= 0.3 is 5.97 Å². The molecular formula is C19H21NO2. The van der Waals surface area contributed by atoms with E-state index in [1.54, 1.807) is 0 Å². The van der Waals surface area contributed by atoms with Gasteiger partial charge in [-0.05, 0) is 29.5 Å². The molecule has 22 heavy (non-hydrogen) atoms. The lowest BCUT2D eigenvalue weighted by atomic mass is 9.95. The lowest BCUT2D eigenvalue weighted by molar-refractivity contribution is -0.138. The van der Waals surface area contributed by atoms with Crippen molar-refractivity contribution in [3.8, 4) is 0 Å². The monoisotopic (exact) mass is 295 g/mol. The molecule has 0 aromatic heterocycles. The van der Waals surface area contributed by atoms with Crippen LogP contribution in [0.2, 0.25) is 0 Å². The van der Waals surface area contributed by atoms with Crippen molar-refractivity contribution in [1.29, 1.82) is 0 Å².